The van der Waals surface area contributed by atoms with Gasteiger partial charge in [-0.25, -0.2) is 4.39 Å². The molecule has 0 radical (unpaired) electrons. The number of hydrogen-bond acceptors (Lipinski definition) is 3. The number of nitrogens with one attached hydrogen (secondary N) is 1. The Morgan fingerprint density at radius 3 is 2.61 bits per heavy atom. The summed E-state index contributed by atoms with van der Waals surface area (Å²) in [4.78, 5) is 12.0. The van der Waals surface area contributed by atoms with Crippen LogP contribution >= 0.6 is 0 Å². The average Bonchev–Trinajstić information content (AvgIpc) is 2.48. The maximum Gasteiger partial charge on any atom is 0.246 e. The molecule has 1 unspecified atom stereocenters. The van der Waals surface area contributed by atoms with Crippen LogP contribution < -0.4 is 10.1 Å². The zero-order valence-corrected chi connectivity index (χ0v) is 14.5. The van der Waals surface area contributed by atoms with Gasteiger partial charge >= 0.3 is 0 Å². The van der Waals surface area contributed by atoms with Crippen molar-refractivity contribution in [2.24, 2.45) is 5.41 Å². The minimum atomic E-state index is -0.408. The van der Waals surface area contributed by atoms with Crippen molar-refractivity contribution in [2.45, 2.75) is 46.6 Å². The van der Waals surface area contributed by atoms with Crippen molar-refractivity contribution in [2.75, 3.05) is 19.8 Å². The van der Waals surface area contributed by atoms with Crippen LogP contribution in [0.2, 0.25) is 0 Å². The molecule has 1 atom stereocenters. The second kappa shape index (κ2) is 9.50. The molecule has 1 rings (SSSR count). The van der Waals surface area contributed by atoms with E-state index in [4.69, 9.17) is 9.47 Å². The fourth-order valence-corrected chi connectivity index (χ4v) is 1.89. The molecule has 1 aromatic carbocycles. The molecule has 130 valence electrons. The van der Waals surface area contributed by atoms with E-state index in [1.807, 2.05) is 20.8 Å². The number of rotatable bonds is 9. The number of amides is 1. The molecule has 0 saturated carbocycles. The van der Waals surface area contributed by atoms with Gasteiger partial charge in [-0.05, 0) is 24.0 Å². The van der Waals surface area contributed by atoms with Crippen molar-refractivity contribution in [3.63, 3.8) is 0 Å². The zero-order valence-electron chi connectivity index (χ0n) is 14.5. The fourth-order valence-electron chi connectivity index (χ4n) is 1.89. The molecule has 1 aromatic rings. The minimum Gasteiger partial charge on any atom is -0.488 e. The van der Waals surface area contributed by atoms with Crippen LogP contribution in [0.3, 0.4) is 0 Å². The van der Waals surface area contributed by atoms with E-state index >= 15 is 0 Å². The molecule has 0 bridgehead atoms. The highest BCUT2D eigenvalue weighted by atomic mass is 19.1. The van der Waals surface area contributed by atoms with Gasteiger partial charge in [0.05, 0.1) is 6.04 Å². The van der Waals surface area contributed by atoms with Gasteiger partial charge in [0, 0.05) is 6.61 Å². The van der Waals surface area contributed by atoms with E-state index in [0.29, 0.717) is 6.61 Å². The van der Waals surface area contributed by atoms with Gasteiger partial charge in [-0.3, -0.25) is 4.79 Å². The lowest BCUT2D eigenvalue weighted by Crippen LogP contribution is -2.48. The second-order valence-corrected chi connectivity index (χ2v) is 6.63. The summed E-state index contributed by atoms with van der Waals surface area (Å²) in [6, 6.07) is 6.00. The Labute approximate surface area is 138 Å². The summed E-state index contributed by atoms with van der Waals surface area (Å²) < 4.78 is 24.5. The van der Waals surface area contributed by atoms with E-state index < -0.39 is 5.82 Å². The summed E-state index contributed by atoms with van der Waals surface area (Å²) in [5.41, 5.74) is -0.218. The third kappa shape index (κ3) is 7.46. The first kappa shape index (κ1) is 19.4. The quantitative estimate of drug-likeness (QED) is 0.706. The van der Waals surface area contributed by atoms with Crippen molar-refractivity contribution in [3.05, 3.63) is 30.1 Å². The molecule has 0 aliphatic carbocycles. The zero-order chi connectivity index (χ0) is 17.3. The van der Waals surface area contributed by atoms with Crippen LogP contribution in [-0.4, -0.2) is 31.8 Å². The van der Waals surface area contributed by atoms with Crippen LogP contribution in [0.1, 0.15) is 40.5 Å². The van der Waals surface area contributed by atoms with Crippen LogP contribution in [0.4, 0.5) is 4.39 Å². The number of carbonyl (C=O) groups excluding carboxylic acids is 1. The Kier molecular flexibility index (Phi) is 8.03. The molecular weight excluding hydrogens is 297 g/mol. The average molecular weight is 325 g/mol. The van der Waals surface area contributed by atoms with Gasteiger partial charge in [-0.2, -0.15) is 0 Å². The van der Waals surface area contributed by atoms with Crippen molar-refractivity contribution >= 4 is 5.91 Å². The second-order valence-electron chi connectivity index (χ2n) is 6.63. The van der Waals surface area contributed by atoms with Gasteiger partial charge in [0.2, 0.25) is 5.91 Å². The molecule has 5 heteroatoms. The number of benzene rings is 1. The third-order valence-electron chi connectivity index (χ3n) is 3.50. The first-order chi connectivity index (χ1) is 10.8. The number of halogens is 1. The van der Waals surface area contributed by atoms with Gasteiger partial charge < -0.3 is 14.8 Å². The summed E-state index contributed by atoms with van der Waals surface area (Å²) in [6.07, 6.45) is 1.97. The van der Waals surface area contributed by atoms with Crippen LogP contribution in [0, 0.1) is 11.2 Å². The summed E-state index contributed by atoms with van der Waals surface area (Å²) >= 11 is 0. The summed E-state index contributed by atoms with van der Waals surface area (Å²) in [5.74, 6) is -0.400. The molecule has 1 amide bonds. The monoisotopic (exact) mass is 325 g/mol. The van der Waals surface area contributed by atoms with Crippen LogP contribution in [0.5, 0.6) is 5.75 Å². The highest BCUT2D eigenvalue weighted by molar-refractivity contribution is 5.77. The number of para-hydroxylation sites is 1. The number of carbonyl (C=O) groups is 1. The normalized spacial score (nSPS) is 12.7. The maximum atomic E-state index is 13.6. The van der Waals surface area contributed by atoms with Gasteiger partial charge in [0.1, 0.15) is 13.2 Å². The molecule has 0 heterocycles. The summed E-state index contributed by atoms with van der Waals surface area (Å²) in [6.45, 7) is 8.88. The van der Waals surface area contributed by atoms with Crippen molar-refractivity contribution < 1.29 is 18.7 Å². The molecule has 1 N–H and O–H groups in total. The fraction of sp³-hybridized carbons (Fsp3) is 0.611. The van der Waals surface area contributed by atoms with E-state index in [0.717, 1.165) is 12.8 Å². The Bertz CT molecular complexity index is 485. The third-order valence-corrected chi connectivity index (χ3v) is 3.50. The minimum absolute atomic E-state index is 0.0340. The number of hydrogen-bond donors (Lipinski definition) is 1. The lowest BCUT2D eigenvalue weighted by molar-refractivity contribution is -0.127. The maximum absolute atomic E-state index is 13.6. The molecule has 0 spiro atoms. The highest BCUT2D eigenvalue weighted by Crippen LogP contribution is 2.22. The van der Waals surface area contributed by atoms with Gasteiger partial charge in [0.25, 0.3) is 0 Å². The van der Waals surface area contributed by atoms with E-state index in [9.17, 15) is 9.18 Å². The first-order valence-corrected chi connectivity index (χ1v) is 8.09. The number of ether oxygens (including phenoxy) is 2. The highest BCUT2D eigenvalue weighted by Gasteiger charge is 2.27. The Morgan fingerprint density at radius 2 is 2.00 bits per heavy atom. The number of unbranched alkanes of at least 4 members (excludes halogenated alkanes) is 1. The first-order valence-electron chi connectivity index (χ1n) is 8.09. The van der Waals surface area contributed by atoms with Crippen LogP contribution in [-0.2, 0) is 9.53 Å². The van der Waals surface area contributed by atoms with Crippen molar-refractivity contribution in [3.8, 4) is 5.75 Å². The lowest BCUT2D eigenvalue weighted by atomic mass is 9.87. The van der Waals surface area contributed by atoms with E-state index in [2.05, 4.69) is 12.2 Å². The molecule has 4 nitrogen and oxygen atoms in total. The summed E-state index contributed by atoms with van der Waals surface area (Å²) in [7, 11) is 0. The van der Waals surface area contributed by atoms with E-state index in [-0.39, 0.29) is 36.3 Å². The topological polar surface area (TPSA) is 47.6 Å². The molecule has 0 saturated heterocycles. The van der Waals surface area contributed by atoms with Gasteiger partial charge in [-0.15, -0.1) is 0 Å². The molecular formula is C18H28FNO3. The summed E-state index contributed by atoms with van der Waals surface area (Å²) in [5, 5.41) is 2.91. The Morgan fingerprint density at radius 1 is 1.30 bits per heavy atom. The molecule has 23 heavy (non-hydrogen) atoms. The van der Waals surface area contributed by atoms with Crippen LogP contribution in [0.25, 0.3) is 0 Å². The smallest absolute Gasteiger partial charge is 0.246 e. The predicted octanol–water partition coefficient (Wildman–Crippen LogP) is 3.55. The Balaban J connectivity index is 2.53. The predicted molar refractivity (Wildman–Crippen MR) is 89.0 cm³/mol. The lowest BCUT2D eigenvalue weighted by Gasteiger charge is -2.31. The molecule has 0 aromatic heterocycles. The SMILES string of the molecule is CCCCOCC(=O)NC(COc1ccccc1F)C(C)(C)C. The van der Waals surface area contributed by atoms with Crippen molar-refractivity contribution in [1.29, 1.82) is 0 Å². The standard InChI is InChI=1S/C18H28FNO3/c1-5-6-11-22-13-17(21)20-16(18(2,3)4)12-23-15-10-8-7-9-14(15)19/h7-10,16H,5-6,11-13H2,1-4H3,(H,20,21). The van der Waals surface area contributed by atoms with Crippen LogP contribution in [0.15, 0.2) is 24.3 Å². The molecule has 0 aliphatic heterocycles. The largest absolute Gasteiger partial charge is 0.488 e. The van der Waals surface area contributed by atoms with Crippen molar-refractivity contribution in [1.82, 2.24) is 5.32 Å². The molecule has 0 aliphatic rings. The van der Waals surface area contributed by atoms with E-state index in [1.165, 1.54) is 6.07 Å². The molecule has 0 fully saturated rings. The van der Waals surface area contributed by atoms with Gasteiger partial charge in [-0.1, -0.05) is 46.2 Å². The van der Waals surface area contributed by atoms with E-state index in [1.54, 1.807) is 18.2 Å². The van der Waals surface area contributed by atoms with Gasteiger partial charge in [0.15, 0.2) is 11.6 Å². The Hall–Kier alpha value is -1.62.